The van der Waals surface area contributed by atoms with Crippen molar-refractivity contribution in [2.45, 2.75) is 45.1 Å². The van der Waals surface area contributed by atoms with Gasteiger partial charge in [-0.25, -0.2) is 0 Å². The molecule has 220 valence electrons. The maximum Gasteiger partial charge on any atom is 0.416 e. The number of piperidine rings is 1. The Kier molecular flexibility index (Phi) is 8.05. The molecule has 42 heavy (non-hydrogen) atoms. The van der Waals surface area contributed by atoms with Crippen LogP contribution in [0.1, 0.15) is 51.6 Å². The van der Waals surface area contributed by atoms with Crippen LogP contribution in [0.4, 0.5) is 13.2 Å². The first kappa shape index (κ1) is 28.4. The summed E-state index contributed by atoms with van der Waals surface area (Å²) < 4.78 is 40.9. The van der Waals surface area contributed by atoms with Gasteiger partial charge in [-0.05, 0) is 73.4 Å². The quantitative estimate of drug-likeness (QED) is 0.276. The van der Waals surface area contributed by atoms with Crippen LogP contribution < -0.4 is 0 Å². The number of carbonyl (C=O) groups is 1. The second-order valence-electron chi connectivity index (χ2n) is 11.6. The molecule has 2 aromatic carbocycles. The molecule has 0 aliphatic carbocycles. The van der Waals surface area contributed by atoms with E-state index in [0.717, 1.165) is 66.8 Å². The topological polar surface area (TPSA) is 44.6 Å². The molecule has 6 nitrogen and oxygen atoms in total. The lowest BCUT2D eigenvalue weighted by molar-refractivity contribution is -0.137. The summed E-state index contributed by atoms with van der Waals surface area (Å²) in [7, 11) is 0. The molecule has 0 N–H and O–H groups in total. The van der Waals surface area contributed by atoms with E-state index in [1.807, 2.05) is 30.2 Å². The van der Waals surface area contributed by atoms with Crippen molar-refractivity contribution in [1.29, 1.82) is 0 Å². The minimum absolute atomic E-state index is 0.0257. The first-order chi connectivity index (χ1) is 20.2. The van der Waals surface area contributed by atoms with E-state index in [1.165, 1.54) is 17.7 Å². The van der Waals surface area contributed by atoms with Gasteiger partial charge in [0.05, 0.1) is 5.56 Å². The normalized spacial score (nSPS) is 17.7. The maximum absolute atomic E-state index is 13.3. The molecule has 0 atom stereocenters. The van der Waals surface area contributed by atoms with Crippen molar-refractivity contribution in [3.8, 4) is 0 Å². The van der Waals surface area contributed by atoms with Crippen molar-refractivity contribution in [3.05, 3.63) is 101 Å². The molecule has 6 rings (SSSR count). The van der Waals surface area contributed by atoms with Crippen LogP contribution >= 0.6 is 0 Å². The zero-order chi connectivity index (χ0) is 29.3. The van der Waals surface area contributed by atoms with E-state index >= 15 is 0 Å². The number of hydrogen-bond donors (Lipinski definition) is 0. The highest BCUT2D eigenvalue weighted by atomic mass is 19.4. The third kappa shape index (κ3) is 6.37. The Bertz CT molecular complexity index is 1510. The molecule has 0 unspecified atom stereocenters. The van der Waals surface area contributed by atoms with Crippen LogP contribution in [0.15, 0.2) is 73.1 Å². The molecule has 2 fully saturated rings. The van der Waals surface area contributed by atoms with E-state index in [-0.39, 0.29) is 5.91 Å². The molecule has 4 heterocycles. The summed E-state index contributed by atoms with van der Waals surface area (Å²) >= 11 is 0. The highest BCUT2D eigenvalue weighted by Gasteiger charge is 2.30. The fourth-order valence-corrected chi connectivity index (χ4v) is 6.17. The number of fused-ring (bicyclic) bond motifs is 1. The molecule has 2 saturated heterocycles. The summed E-state index contributed by atoms with van der Waals surface area (Å²) in [5.41, 5.74) is 4.35. The van der Waals surface area contributed by atoms with Gasteiger partial charge in [-0.15, -0.1) is 0 Å². The molecular weight excluding hydrogens is 539 g/mol. The van der Waals surface area contributed by atoms with Gasteiger partial charge < -0.3 is 9.47 Å². The molecule has 1 amide bonds. The summed E-state index contributed by atoms with van der Waals surface area (Å²) in [6.45, 7) is 8.15. The number of pyridine rings is 1. The zero-order valence-corrected chi connectivity index (χ0v) is 23.9. The van der Waals surface area contributed by atoms with Crippen molar-refractivity contribution in [1.82, 2.24) is 24.3 Å². The first-order valence-corrected chi connectivity index (χ1v) is 14.7. The summed E-state index contributed by atoms with van der Waals surface area (Å²) in [6.07, 6.45) is 1.97. The molecule has 4 aromatic rings. The predicted molar refractivity (Wildman–Crippen MR) is 157 cm³/mol. The molecular formula is C33H36F3N5O. The lowest BCUT2D eigenvalue weighted by Gasteiger charge is -2.35. The molecule has 9 heteroatoms. The number of halogens is 3. The fourth-order valence-electron chi connectivity index (χ4n) is 6.17. The zero-order valence-electron chi connectivity index (χ0n) is 23.9. The molecule has 0 bridgehead atoms. The van der Waals surface area contributed by atoms with E-state index in [1.54, 1.807) is 0 Å². The number of nitrogens with zero attached hydrogens (tertiary/aromatic N) is 5. The highest BCUT2D eigenvalue weighted by Crippen LogP contribution is 2.30. The van der Waals surface area contributed by atoms with Crippen molar-refractivity contribution < 1.29 is 18.0 Å². The summed E-state index contributed by atoms with van der Waals surface area (Å²) in [5, 5.41) is 1.08. The number of aryl methyl sites for hydroxylation is 1. The van der Waals surface area contributed by atoms with Gasteiger partial charge in [-0.1, -0.05) is 18.2 Å². The van der Waals surface area contributed by atoms with Crippen molar-refractivity contribution in [2.75, 3.05) is 39.3 Å². The third-order valence-electron chi connectivity index (χ3n) is 8.64. The molecule has 2 aromatic heterocycles. The first-order valence-electron chi connectivity index (χ1n) is 14.7. The SMILES string of the molecule is Cc1ccc(CN2CCC(n3ccc4cc(C(=O)N5CCN(Cc6ccc(C(F)(F)F)cc6)CC5)ccc43)CC2)cn1. The molecule has 0 saturated carbocycles. The van der Waals surface area contributed by atoms with Crippen LogP contribution in [0.5, 0.6) is 0 Å². The number of benzene rings is 2. The fraction of sp³-hybridized carbons (Fsp3) is 0.394. The lowest BCUT2D eigenvalue weighted by atomic mass is 10.0. The van der Waals surface area contributed by atoms with E-state index < -0.39 is 11.7 Å². The minimum atomic E-state index is -4.33. The van der Waals surface area contributed by atoms with E-state index in [9.17, 15) is 18.0 Å². The monoisotopic (exact) mass is 575 g/mol. The van der Waals surface area contributed by atoms with Crippen LogP contribution in [-0.4, -0.2) is 69.4 Å². The smallest absolute Gasteiger partial charge is 0.344 e. The van der Waals surface area contributed by atoms with Gasteiger partial charge in [-0.2, -0.15) is 13.2 Å². The number of hydrogen-bond acceptors (Lipinski definition) is 4. The number of amides is 1. The number of aromatic nitrogens is 2. The van der Waals surface area contributed by atoms with E-state index in [2.05, 4.69) is 49.8 Å². The Labute approximate surface area is 244 Å². The van der Waals surface area contributed by atoms with Crippen molar-refractivity contribution >= 4 is 16.8 Å². The maximum atomic E-state index is 13.3. The second kappa shape index (κ2) is 11.9. The minimum Gasteiger partial charge on any atom is -0.344 e. The Morgan fingerprint density at radius 2 is 1.50 bits per heavy atom. The highest BCUT2D eigenvalue weighted by molar-refractivity contribution is 5.98. The number of alkyl halides is 3. The number of likely N-dealkylation sites (tertiary alicyclic amines) is 1. The Hall–Kier alpha value is -3.69. The van der Waals surface area contributed by atoms with Gasteiger partial charge in [0, 0.05) is 93.0 Å². The average molecular weight is 576 g/mol. The second-order valence-corrected chi connectivity index (χ2v) is 11.6. The van der Waals surface area contributed by atoms with E-state index in [0.29, 0.717) is 44.3 Å². The van der Waals surface area contributed by atoms with Crippen LogP contribution in [0, 0.1) is 6.92 Å². The largest absolute Gasteiger partial charge is 0.416 e. The van der Waals surface area contributed by atoms with Gasteiger partial charge in [-0.3, -0.25) is 19.6 Å². The summed E-state index contributed by atoms with van der Waals surface area (Å²) in [5.74, 6) is 0.0257. The Morgan fingerprint density at radius 1 is 0.833 bits per heavy atom. The van der Waals surface area contributed by atoms with Gasteiger partial charge in [0.25, 0.3) is 5.91 Å². The third-order valence-corrected chi connectivity index (χ3v) is 8.64. The predicted octanol–water partition coefficient (Wildman–Crippen LogP) is 6.16. The Morgan fingerprint density at radius 3 is 2.17 bits per heavy atom. The average Bonchev–Trinajstić information content (AvgIpc) is 3.42. The Balaban J connectivity index is 1.02. The lowest BCUT2D eigenvalue weighted by Crippen LogP contribution is -2.48. The van der Waals surface area contributed by atoms with Crippen molar-refractivity contribution in [2.24, 2.45) is 0 Å². The molecule has 2 aliphatic rings. The number of piperazine rings is 1. The molecule has 0 spiro atoms. The summed E-state index contributed by atoms with van der Waals surface area (Å²) in [4.78, 5) is 24.3. The van der Waals surface area contributed by atoms with Crippen LogP contribution in [-0.2, 0) is 19.3 Å². The van der Waals surface area contributed by atoms with Crippen LogP contribution in [0.3, 0.4) is 0 Å². The molecule has 0 radical (unpaired) electrons. The molecule has 2 aliphatic heterocycles. The van der Waals surface area contributed by atoms with Crippen molar-refractivity contribution in [3.63, 3.8) is 0 Å². The summed E-state index contributed by atoms with van der Waals surface area (Å²) in [6, 6.07) is 18.1. The van der Waals surface area contributed by atoms with E-state index in [4.69, 9.17) is 0 Å². The van der Waals surface area contributed by atoms with Gasteiger partial charge in [0.1, 0.15) is 0 Å². The standard InChI is InChI=1S/C33H36F3N5O/c1-24-2-3-26(21-37-24)23-38-13-11-30(12-14-38)41-15-10-27-20-28(6-9-31(27)41)32(42)40-18-16-39(17-19-40)22-25-4-7-29(8-5-25)33(34,35)36/h2-10,15,20-21,30H,11-14,16-19,22-23H2,1H3. The number of rotatable bonds is 6. The van der Waals surface area contributed by atoms with Gasteiger partial charge >= 0.3 is 6.18 Å². The van der Waals surface area contributed by atoms with Gasteiger partial charge in [0.15, 0.2) is 0 Å². The van der Waals surface area contributed by atoms with Crippen LogP contribution in [0.25, 0.3) is 10.9 Å². The number of carbonyl (C=O) groups excluding carboxylic acids is 1. The van der Waals surface area contributed by atoms with Crippen LogP contribution in [0.2, 0.25) is 0 Å². The van der Waals surface area contributed by atoms with Gasteiger partial charge in [0.2, 0.25) is 0 Å².